The monoisotopic (exact) mass is 233 g/mol. The lowest BCUT2D eigenvalue weighted by atomic mass is 10.3. The first-order valence-electron chi connectivity index (χ1n) is 5.33. The molecule has 0 aliphatic carbocycles. The molecule has 2 rings (SSSR count). The summed E-state index contributed by atoms with van der Waals surface area (Å²) in [6, 6.07) is 7.86. The number of carbonyl (C=O) groups is 1. The van der Waals surface area contributed by atoms with Gasteiger partial charge in [-0.25, -0.2) is 4.98 Å². The number of aryl methyl sites for hydroxylation is 1. The predicted molar refractivity (Wildman–Crippen MR) is 66.0 cm³/mol. The quantitative estimate of drug-likeness (QED) is 0.747. The van der Waals surface area contributed by atoms with E-state index in [9.17, 15) is 4.79 Å². The molecule has 0 radical (unpaired) electrons. The van der Waals surface area contributed by atoms with Gasteiger partial charge >= 0.3 is 5.97 Å². The van der Waals surface area contributed by atoms with Crippen LogP contribution in [0.1, 0.15) is 0 Å². The largest absolute Gasteiger partial charge is 0.468 e. The van der Waals surface area contributed by atoms with E-state index in [0.29, 0.717) is 0 Å². The fourth-order valence-corrected chi connectivity index (χ4v) is 1.80. The molecule has 0 bridgehead atoms. The Bertz CT molecular complexity index is 548. The van der Waals surface area contributed by atoms with E-state index < -0.39 is 0 Å². The van der Waals surface area contributed by atoms with E-state index in [1.54, 1.807) is 4.90 Å². The summed E-state index contributed by atoms with van der Waals surface area (Å²) in [5.41, 5.74) is 1.96. The molecule has 0 spiro atoms. The molecular weight excluding hydrogens is 218 g/mol. The zero-order valence-corrected chi connectivity index (χ0v) is 10.2. The van der Waals surface area contributed by atoms with Crippen molar-refractivity contribution in [3.63, 3.8) is 0 Å². The van der Waals surface area contributed by atoms with Crippen LogP contribution in [-0.4, -0.2) is 36.2 Å². The minimum atomic E-state index is -0.278. The van der Waals surface area contributed by atoms with Gasteiger partial charge in [0, 0.05) is 14.1 Å². The molecule has 0 N–H and O–H groups in total. The first-order valence-corrected chi connectivity index (χ1v) is 5.33. The van der Waals surface area contributed by atoms with E-state index in [1.807, 2.05) is 42.9 Å². The molecule has 1 heterocycles. The molecule has 0 aliphatic rings. The standard InChI is InChI=1S/C12H15N3O2/c1-14(8-11(16)17-3)12-13-9-6-4-5-7-10(9)15(12)2/h4-7H,8H2,1-3H3. The van der Waals surface area contributed by atoms with Gasteiger partial charge in [-0.3, -0.25) is 4.79 Å². The number of hydrogen-bond acceptors (Lipinski definition) is 4. The predicted octanol–water partition coefficient (Wildman–Crippen LogP) is 1.18. The zero-order valence-electron chi connectivity index (χ0n) is 10.2. The van der Waals surface area contributed by atoms with Crippen molar-refractivity contribution in [2.24, 2.45) is 7.05 Å². The first-order chi connectivity index (χ1) is 8.13. The molecule has 90 valence electrons. The topological polar surface area (TPSA) is 47.4 Å². The summed E-state index contributed by atoms with van der Waals surface area (Å²) in [6.07, 6.45) is 0. The summed E-state index contributed by atoms with van der Waals surface area (Å²) in [5.74, 6) is 0.469. The van der Waals surface area contributed by atoms with Gasteiger partial charge in [0.05, 0.1) is 18.1 Å². The lowest BCUT2D eigenvalue weighted by Crippen LogP contribution is -2.28. The molecule has 0 atom stereocenters. The number of esters is 1. The number of carbonyl (C=O) groups excluding carboxylic acids is 1. The Morgan fingerprint density at radius 2 is 2.18 bits per heavy atom. The van der Waals surface area contributed by atoms with Crippen LogP contribution in [0.25, 0.3) is 11.0 Å². The summed E-state index contributed by atoms with van der Waals surface area (Å²) >= 11 is 0. The molecule has 0 saturated heterocycles. The van der Waals surface area contributed by atoms with Crippen LogP contribution in [0.4, 0.5) is 5.95 Å². The Hall–Kier alpha value is -2.04. The van der Waals surface area contributed by atoms with Gasteiger partial charge in [-0.15, -0.1) is 0 Å². The summed E-state index contributed by atoms with van der Waals surface area (Å²) in [7, 11) is 5.13. The van der Waals surface area contributed by atoms with Crippen molar-refractivity contribution in [3.05, 3.63) is 24.3 Å². The Labute approximate surface area is 99.6 Å². The Balaban J connectivity index is 2.35. The molecule has 17 heavy (non-hydrogen) atoms. The van der Waals surface area contributed by atoms with Crippen LogP contribution in [-0.2, 0) is 16.6 Å². The number of rotatable bonds is 3. The van der Waals surface area contributed by atoms with Crippen molar-refractivity contribution in [1.82, 2.24) is 9.55 Å². The molecule has 1 aromatic carbocycles. The molecule has 0 fully saturated rings. The highest BCUT2D eigenvalue weighted by molar-refractivity contribution is 5.80. The second-order valence-corrected chi connectivity index (χ2v) is 3.89. The second kappa shape index (κ2) is 4.45. The highest BCUT2D eigenvalue weighted by Crippen LogP contribution is 2.19. The van der Waals surface area contributed by atoms with Crippen LogP contribution < -0.4 is 4.90 Å². The Morgan fingerprint density at radius 1 is 1.47 bits per heavy atom. The number of benzene rings is 1. The van der Waals surface area contributed by atoms with Crippen molar-refractivity contribution in [2.75, 3.05) is 25.6 Å². The number of para-hydroxylation sites is 2. The number of ether oxygens (including phenoxy) is 1. The third-order valence-electron chi connectivity index (χ3n) is 2.70. The van der Waals surface area contributed by atoms with Crippen molar-refractivity contribution in [2.45, 2.75) is 0 Å². The summed E-state index contributed by atoms with van der Waals surface area (Å²) in [5, 5.41) is 0. The van der Waals surface area contributed by atoms with E-state index in [-0.39, 0.29) is 12.5 Å². The van der Waals surface area contributed by atoms with E-state index >= 15 is 0 Å². The lowest BCUT2D eigenvalue weighted by molar-refractivity contribution is -0.138. The SMILES string of the molecule is COC(=O)CN(C)c1nc2ccccc2n1C. The number of methoxy groups -OCH3 is 1. The van der Waals surface area contributed by atoms with Gasteiger partial charge in [-0.2, -0.15) is 0 Å². The van der Waals surface area contributed by atoms with Gasteiger partial charge in [-0.1, -0.05) is 12.1 Å². The average Bonchev–Trinajstić information content (AvgIpc) is 2.67. The maximum Gasteiger partial charge on any atom is 0.325 e. The molecule has 0 saturated carbocycles. The highest BCUT2D eigenvalue weighted by Gasteiger charge is 2.14. The van der Waals surface area contributed by atoms with E-state index in [2.05, 4.69) is 9.72 Å². The van der Waals surface area contributed by atoms with E-state index in [0.717, 1.165) is 17.0 Å². The van der Waals surface area contributed by atoms with Gasteiger partial charge < -0.3 is 14.2 Å². The van der Waals surface area contributed by atoms with Gasteiger partial charge in [0.15, 0.2) is 0 Å². The van der Waals surface area contributed by atoms with E-state index in [4.69, 9.17) is 0 Å². The maximum absolute atomic E-state index is 11.2. The lowest BCUT2D eigenvalue weighted by Gasteiger charge is -2.16. The van der Waals surface area contributed by atoms with Crippen LogP contribution in [0.2, 0.25) is 0 Å². The molecule has 0 aliphatic heterocycles. The van der Waals surface area contributed by atoms with Crippen LogP contribution in [0.5, 0.6) is 0 Å². The Morgan fingerprint density at radius 3 is 2.82 bits per heavy atom. The molecule has 0 amide bonds. The van der Waals surface area contributed by atoms with Crippen LogP contribution in [0, 0.1) is 0 Å². The summed E-state index contributed by atoms with van der Waals surface area (Å²) in [6.45, 7) is 0.188. The minimum absolute atomic E-state index is 0.188. The van der Waals surface area contributed by atoms with Gasteiger partial charge in [0.1, 0.15) is 6.54 Å². The fourth-order valence-electron chi connectivity index (χ4n) is 1.80. The zero-order chi connectivity index (χ0) is 12.4. The highest BCUT2D eigenvalue weighted by atomic mass is 16.5. The molecule has 5 heteroatoms. The maximum atomic E-state index is 11.2. The molecule has 0 unspecified atom stereocenters. The smallest absolute Gasteiger partial charge is 0.325 e. The van der Waals surface area contributed by atoms with Crippen molar-refractivity contribution >= 4 is 23.0 Å². The van der Waals surface area contributed by atoms with Crippen LogP contribution in [0.3, 0.4) is 0 Å². The number of aromatic nitrogens is 2. The molecule has 5 nitrogen and oxygen atoms in total. The third kappa shape index (κ3) is 2.08. The number of anilines is 1. The van der Waals surface area contributed by atoms with Gasteiger partial charge in [0.25, 0.3) is 0 Å². The normalized spacial score (nSPS) is 10.5. The summed E-state index contributed by atoms with van der Waals surface area (Å²) < 4.78 is 6.60. The Kier molecular flexibility index (Phi) is 2.99. The third-order valence-corrected chi connectivity index (χ3v) is 2.70. The number of imidazole rings is 1. The van der Waals surface area contributed by atoms with Crippen molar-refractivity contribution in [1.29, 1.82) is 0 Å². The fraction of sp³-hybridized carbons (Fsp3) is 0.333. The van der Waals surface area contributed by atoms with Crippen molar-refractivity contribution < 1.29 is 9.53 Å². The number of likely N-dealkylation sites (N-methyl/N-ethyl adjacent to an activating group) is 1. The number of fused-ring (bicyclic) bond motifs is 1. The average molecular weight is 233 g/mol. The second-order valence-electron chi connectivity index (χ2n) is 3.89. The van der Waals surface area contributed by atoms with Gasteiger partial charge in [-0.05, 0) is 12.1 Å². The van der Waals surface area contributed by atoms with Crippen LogP contribution in [0.15, 0.2) is 24.3 Å². The molecule has 2 aromatic rings. The minimum Gasteiger partial charge on any atom is -0.468 e. The molecular formula is C12H15N3O2. The number of hydrogen-bond donors (Lipinski definition) is 0. The van der Waals surface area contributed by atoms with Crippen molar-refractivity contribution in [3.8, 4) is 0 Å². The van der Waals surface area contributed by atoms with Gasteiger partial charge in [0.2, 0.25) is 5.95 Å². The van der Waals surface area contributed by atoms with Crippen LogP contribution >= 0.6 is 0 Å². The molecule has 1 aromatic heterocycles. The summed E-state index contributed by atoms with van der Waals surface area (Å²) in [4.78, 5) is 17.5. The van der Waals surface area contributed by atoms with E-state index in [1.165, 1.54) is 7.11 Å². The number of nitrogens with zero attached hydrogens (tertiary/aromatic N) is 3. The first kappa shape index (κ1) is 11.4.